The fourth-order valence-corrected chi connectivity index (χ4v) is 3.52. The number of carbonyl (C=O) groups is 1. The maximum Gasteiger partial charge on any atom is 0.416 e. The number of hydrogen-bond donors (Lipinski definition) is 2. The quantitative estimate of drug-likeness (QED) is 0.557. The van der Waals surface area contributed by atoms with Crippen molar-refractivity contribution in [1.82, 2.24) is 0 Å². The van der Waals surface area contributed by atoms with Crippen molar-refractivity contribution in [3.63, 3.8) is 0 Å². The van der Waals surface area contributed by atoms with Crippen molar-refractivity contribution < 1.29 is 30.8 Å². The highest BCUT2D eigenvalue weighted by Crippen LogP contribution is 2.30. The van der Waals surface area contributed by atoms with Crippen LogP contribution in [0.1, 0.15) is 15.9 Å². The van der Waals surface area contributed by atoms with E-state index < -0.39 is 33.5 Å². The third-order valence-corrected chi connectivity index (χ3v) is 5.39. The van der Waals surface area contributed by atoms with Gasteiger partial charge < -0.3 is 5.32 Å². The summed E-state index contributed by atoms with van der Waals surface area (Å²) in [5.41, 5.74) is -0.322. The Morgan fingerprint density at radius 2 is 1.30 bits per heavy atom. The van der Waals surface area contributed by atoms with E-state index in [1.54, 1.807) is 0 Å². The maximum atomic E-state index is 12.9. The SMILES string of the molecule is O=C(Nc1ccc(C(F)(F)F)cc1)c1ccc(NS(=O)(=O)c2ccc(F)cc2)cc1. The molecule has 0 unspecified atom stereocenters. The Hall–Kier alpha value is -3.40. The average molecular weight is 438 g/mol. The number of rotatable bonds is 5. The zero-order chi connectivity index (χ0) is 21.9. The first-order chi connectivity index (χ1) is 14.0. The molecule has 0 aliphatic carbocycles. The van der Waals surface area contributed by atoms with E-state index in [-0.39, 0.29) is 21.8 Å². The molecule has 0 spiro atoms. The van der Waals surface area contributed by atoms with Gasteiger partial charge in [0.1, 0.15) is 5.82 Å². The molecule has 30 heavy (non-hydrogen) atoms. The Balaban J connectivity index is 1.67. The molecule has 0 fully saturated rings. The van der Waals surface area contributed by atoms with Crippen LogP contribution in [0, 0.1) is 5.82 Å². The number of hydrogen-bond acceptors (Lipinski definition) is 3. The zero-order valence-corrected chi connectivity index (χ0v) is 15.9. The minimum absolute atomic E-state index is 0.131. The van der Waals surface area contributed by atoms with Crippen molar-refractivity contribution >= 4 is 27.3 Å². The molecule has 3 aromatic rings. The minimum Gasteiger partial charge on any atom is -0.322 e. The maximum absolute atomic E-state index is 12.9. The smallest absolute Gasteiger partial charge is 0.322 e. The van der Waals surface area contributed by atoms with Crippen LogP contribution in [0.4, 0.5) is 28.9 Å². The summed E-state index contributed by atoms with van der Waals surface area (Å²) >= 11 is 0. The molecule has 0 aliphatic rings. The van der Waals surface area contributed by atoms with Crippen LogP contribution in [-0.4, -0.2) is 14.3 Å². The van der Waals surface area contributed by atoms with Crippen molar-refractivity contribution in [2.75, 3.05) is 10.0 Å². The first kappa shape index (κ1) is 21.3. The van der Waals surface area contributed by atoms with Crippen LogP contribution in [0.3, 0.4) is 0 Å². The molecular weight excluding hydrogens is 424 g/mol. The molecule has 0 heterocycles. The van der Waals surface area contributed by atoms with Crippen molar-refractivity contribution in [3.05, 3.63) is 89.7 Å². The summed E-state index contributed by atoms with van der Waals surface area (Å²) < 4.78 is 77.5. The number of benzene rings is 3. The summed E-state index contributed by atoms with van der Waals surface area (Å²) in [5.74, 6) is -1.15. The second kappa shape index (κ2) is 8.15. The second-order valence-electron chi connectivity index (χ2n) is 6.17. The number of alkyl halides is 3. The Morgan fingerprint density at radius 3 is 1.83 bits per heavy atom. The first-order valence-electron chi connectivity index (χ1n) is 8.42. The number of nitrogens with one attached hydrogen (secondary N) is 2. The summed E-state index contributed by atoms with van der Waals surface area (Å²) in [6.07, 6.45) is -4.47. The van der Waals surface area contributed by atoms with Crippen molar-refractivity contribution in [3.8, 4) is 0 Å². The third kappa shape index (κ3) is 5.15. The monoisotopic (exact) mass is 438 g/mol. The third-order valence-electron chi connectivity index (χ3n) is 3.99. The lowest BCUT2D eigenvalue weighted by Crippen LogP contribution is -2.14. The van der Waals surface area contributed by atoms with Gasteiger partial charge in [0.05, 0.1) is 10.5 Å². The largest absolute Gasteiger partial charge is 0.416 e. The molecule has 10 heteroatoms. The molecule has 0 aromatic heterocycles. The van der Waals surface area contributed by atoms with E-state index in [1.165, 1.54) is 24.3 Å². The molecule has 3 aromatic carbocycles. The topological polar surface area (TPSA) is 75.3 Å². The molecule has 0 saturated heterocycles. The number of halogens is 4. The van der Waals surface area contributed by atoms with E-state index in [0.29, 0.717) is 0 Å². The zero-order valence-electron chi connectivity index (χ0n) is 15.1. The fraction of sp³-hybridized carbons (Fsp3) is 0.0500. The van der Waals surface area contributed by atoms with Crippen molar-refractivity contribution in [2.24, 2.45) is 0 Å². The number of sulfonamides is 1. The predicted molar refractivity (Wildman–Crippen MR) is 103 cm³/mol. The van der Waals surface area contributed by atoms with Gasteiger partial charge in [0.2, 0.25) is 0 Å². The predicted octanol–water partition coefficient (Wildman–Crippen LogP) is 4.90. The first-order valence-corrected chi connectivity index (χ1v) is 9.90. The molecule has 156 valence electrons. The Kier molecular flexibility index (Phi) is 5.79. The average Bonchev–Trinajstić information content (AvgIpc) is 2.68. The van der Waals surface area contributed by atoms with Gasteiger partial charge in [-0.05, 0) is 72.8 Å². The molecule has 2 N–H and O–H groups in total. The summed E-state index contributed by atoms with van der Waals surface area (Å²) in [5, 5.41) is 2.46. The molecule has 0 aliphatic heterocycles. The molecule has 3 rings (SSSR count). The van der Waals surface area contributed by atoms with Crippen molar-refractivity contribution in [2.45, 2.75) is 11.1 Å². The Morgan fingerprint density at radius 1 is 0.767 bits per heavy atom. The van der Waals surface area contributed by atoms with E-state index in [9.17, 15) is 30.8 Å². The highest BCUT2D eigenvalue weighted by atomic mass is 32.2. The molecule has 1 amide bonds. The van der Waals surface area contributed by atoms with E-state index >= 15 is 0 Å². The van der Waals surface area contributed by atoms with Gasteiger partial charge in [-0.25, -0.2) is 12.8 Å². The van der Waals surface area contributed by atoms with Gasteiger partial charge >= 0.3 is 6.18 Å². The normalized spacial score (nSPS) is 11.7. The van der Waals surface area contributed by atoms with Gasteiger partial charge in [0, 0.05) is 16.9 Å². The Bertz CT molecular complexity index is 1140. The van der Waals surface area contributed by atoms with Gasteiger partial charge in [-0.3, -0.25) is 9.52 Å². The molecule has 5 nitrogen and oxygen atoms in total. The van der Waals surface area contributed by atoms with Gasteiger partial charge in [-0.2, -0.15) is 13.2 Å². The van der Waals surface area contributed by atoms with Crippen LogP contribution in [-0.2, 0) is 16.2 Å². The van der Waals surface area contributed by atoms with Crippen LogP contribution < -0.4 is 10.0 Å². The minimum atomic E-state index is -4.47. The van der Waals surface area contributed by atoms with E-state index in [0.717, 1.165) is 48.5 Å². The molecule has 0 atom stereocenters. The van der Waals surface area contributed by atoms with E-state index in [1.807, 2.05) is 0 Å². The van der Waals surface area contributed by atoms with Crippen LogP contribution in [0.5, 0.6) is 0 Å². The van der Waals surface area contributed by atoms with Crippen LogP contribution in [0.25, 0.3) is 0 Å². The molecule has 0 saturated carbocycles. The number of carbonyl (C=O) groups excluding carboxylic acids is 1. The summed E-state index contributed by atoms with van der Waals surface area (Å²) in [4.78, 5) is 12.1. The molecule has 0 bridgehead atoms. The Labute approximate surface area is 169 Å². The summed E-state index contributed by atoms with van der Waals surface area (Å²) in [6, 6.07) is 13.6. The van der Waals surface area contributed by atoms with Gasteiger partial charge in [-0.1, -0.05) is 0 Å². The molecule has 0 radical (unpaired) electrons. The highest BCUT2D eigenvalue weighted by molar-refractivity contribution is 7.92. The van der Waals surface area contributed by atoms with Crippen molar-refractivity contribution in [1.29, 1.82) is 0 Å². The number of amides is 1. The number of anilines is 2. The van der Waals surface area contributed by atoms with E-state index in [2.05, 4.69) is 10.0 Å². The second-order valence-corrected chi connectivity index (χ2v) is 7.85. The lowest BCUT2D eigenvalue weighted by atomic mass is 10.1. The summed E-state index contributed by atoms with van der Waals surface area (Å²) in [7, 11) is -3.94. The van der Waals surface area contributed by atoms with Gasteiger partial charge in [0.25, 0.3) is 15.9 Å². The highest BCUT2D eigenvalue weighted by Gasteiger charge is 2.30. The van der Waals surface area contributed by atoms with Crippen LogP contribution >= 0.6 is 0 Å². The van der Waals surface area contributed by atoms with Gasteiger partial charge in [-0.15, -0.1) is 0 Å². The lowest BCUT2D eigenvalue weighted by Gasteiger charge is -2.10. The molecular formula is C20H14F4N2O3S. The summed E-state index contributed by atoms with van der Waals surface area (Å²) in [6.45, 7) is 0. The fourth-order valence-electron chi connectivity index (χ4n) is 2.46. The van der Waals surface area contributed by atoms with Crippen LogP contribution in [0.15, 0.2) is 77.7 Å². The van der Waals surface area contributed by atoms with E-state index in [4.69, 9.17) is 0 Å². The van der Waals surface area contributed by atoms with Crippen LogP contribution in [0.2, 0.25) is 0 Å². The standard InChI is InChI=1S/C20H14F4N2O3S/c21-15-5-11-18(12-6-15)30(28,29)26-17-7-1-13(2-8-17)19(27)25-16-9-3-14(4-10-16)20(22,23)24/h1-12,26H,(H,25,27). The van der Waals surface area contributed by atoms with Gasteiger partial charge in [0.15, 0.2) is 0 Å². The lowest BCUT2D eigenvalue weighted by molar-refractivity contribution is -0.137.